The average molecular weight is 252 g/mol. The van der Waals surface area contributed by atoms with Crippen molar-refractivity contribution in [1.82, 2.24) is 15.1 Å². The van der Waals surface area contributed by atoms with Gasteiger partial charge in [0.15, 0.2) is 0 Å². The first-order valence-corrected chi connectivity index (χ1v) is 6.35. The van der Waals surface area contributed by atoms with E-state index < -0.39 is 0 Å². The van der Waals surface area contributed by atoms with Crippen molar-refractivity contribution in [3.05, 3.63) is 11.9 Å². The molecule has 6 heteroatoms. The molecule has 0 unspecified atom stereocenters. The van der Waals surface area contributed by atoms with Crippen LogP contribution in [0.1, 0.15) is 36.2 Å². The number of anilines is 1. The maximum absolute atomic E-state index is 11.8. The molecule has 0 spiro atoms. The highest BCUT2D eigenvalue weighted by Gasteiger charge is 2.16. The van der Waals surface area contributed by atoms with Gasteiger partial charge in [-0.3, -0.25) is 9.48 Å². The summed E-state index contributed by atoms with van der Waals surface area (Å²) in [5, 5.41) is 6.71. The number of carbonyl (C=O) groups excluding carboxylic acids is 1. The Kier molecular flexibility index (Phi) is 4.19. The molecule has 0 atom stereocenters. The Bertz CT molecular complexity index is 391. The van der Waals surface area contributed by atoms with Crippen molar-refractivity contribution in [2.45, 2.75) is 31.8 Å². The van der Waals surface area contributed by atoms with Crippen LogP contribution in [-0.2, 0) is 11.8 Å². The molecule has 2 rings (SSSR count). The van der Waals surface area contributed by atoms with Crippen molar-refractivity contribution < 1.29 is 9.53 Å². The van der Waals surface area contributed by atoms with Crippen molar-refractivity contribution in [3.8, 4) is 0 Å². The van der Waals surface area contributed by atoms with Crippen LogP contribution in [0.5, 0.6) is 0 Å². The Balaban J connectivity index is 1.71. The van der Waals surface area contributed by atoms with Gasteiger partial charge < -0.3 is 15.8 Å². The van der Waals surface area contributed by atoms with Gasteiger partial charge in [0.2, 0.25) is 0 Å². The number of aryl methyl sites for hydroxylation is 1. The molecule has 3 N–H and O–H groups in total. The normalized spacial score (nSPS) is 16.1. The van der Waals surface area contributed by atoms with Gasteiger partial charge in [-0.05, 0) is 12.8 Å². The third kappa shape index (κ3) is 3.01. The Labute approximate surface area is 106 Å². The molecule has 0 aliphatic heterocycles. The molecule has 1 amide bonds. The summed E-state index contributed by atoms with van der Waals surface area (Å²) in [5.41, 5.74) is 6.46. The van der Waals surface area contributed by atoms with E-state index in [1.807, 2.05) is 0 Å². The Morgan fingerprint density at radius 3 is 2.94 bits per heavy atom. The SMILES string of the molecule is Cn1ncc(N)c1C(=O)NCCOC1CCCC1. The largest absolute Gasteiger partial charge is 0.396 e. The molecule has 0 radical (unpaired) electrons. The van der Waals surface area contributed by atoms with Crippen LogP contribution in [0.4, 0.5) is 5.69 Å². The lowest BCUT2D eigenvalue weighted by molar-refractivity contribution is 0.0580. The fourth-order valence-corrected chi connectivity index (χ4v) is 2.26. The number of aromatic nitrogens is 2. The smallest absolute Gasteiger partial charge is 0.271 e. The van der Waals surface area contributed by atoms with Crippen LogP contribution in [0.25, 0.3) is 0 Å². The molecule has 18 heavy (non-hydrogen) atoms. The van der Waals surface area contributed by atoms with Crippen LogP contribution in [0.15, 0.2) is 6.20 Å². The molecule has 0 bridgehead atoms. The van der Waals surface area contributed by atoms with Crippen molar-refractivity contribution in [3.63, 3.8) is 0 Å². The first kappa shape index (κ1) is 12.9. The first-order valence-electron chi connectivity index (χ1n) is 6.35. The van der Waals surface area contributed by atoms with E-state index in [1.54, 1.807) is 7.05 Å². The molecular formula is C12H20N4O2. The molecule has 6 nitrogen and oxygen atoms in total. The van der Waals surface area contributed by atoms with Gasteiger partial charge in [-0.25, -0.2) is 0 Å². The zero-order chi connectivity index (χ0) is 13.0. The van der Waals surface area contributed by atoms with Crippen LogP contribution in [-0.4, -0.2) is 34.9 Å². The number of ether oxygens (including phenoxy) is 1. The molecule has 1 aromatic heterocycles. The summed E-state index contributed by atoms with van der Waals surface area (Å²) in [6, 6.07) is 0. The van der Waals surface area contributed by atoms with Gasteiger partial charge in [0, 0.05) is 13.6 Å². The monoisotopic (exact) mass is 252 g/mol. The standard InChI is InChI=1S/C12H20N4O2/c1-16-11(10(13)8-15-16)12(17)14-6-7-18-9-4-2-3-5-9/h8-9H,2-7,13H2,1H3,(H,14,17). The number of carbonyl (C=O) groups is 1. The summed E-state index contributed by atoms with van der Waals surface area (Å²) in [5.74, 6) is -0.206. The van der Waals surface area contributed by atoms with E-state index in [4.69, 9.17) is 10.5 Å². The lowest BCUT2D eigenvalue weighted by Crippen LogP contribution is -2.30. The highest BCUT2D eigenvalue weighted by molar-refractivity contribution is 5.97. The zero-order valence-corrected chi connectivity index (χ0v) is 10.7. The molecule has 1 aliphatic carbocycles. The van der Waals surface area contributed by atoms with Crippen LogP contribution in [0.2, 0.25) is 0 Å². The summed E-state index contributed by atoms with van der Waals surface area (Å²) in [4.78, 5) is 11.8. The Morgan fingerprint density at radius 1 is 1.61 bits per heavy atom. The molecule has 0 saturated heterocycles. The number of nitrogen functional groups attached to an aromatic ring is 1. The number of rotatable bonds is 5. The lowest BCUT2D eigenvalue weighted by atomic mass is 10.3. The summed E-state index contributed by atoms with van der Waals surface area (Å²) in [7, 11) is 1.69. The van der Waals surface area contributed by atoms with Gasteiger partial charge in [0.25, 0.3) is 5.91 Å². The lowest BCUT2D eigenvalue weighted by Gasteiger charge is -2.11. The Morgan fingerprint density at radius 2 is 2.33 bits per heavy atom. The minimum Gasteiger partial charge on any atom is -0.396 e. The third-order valence-corrected chi connectivity index (χ3v) is 3.23. The van der Waals surface area contributed by atoms with E-state index in [-0.39, 0.29) is 5.91 Å². The molecule has 1 saturated carbocycles. The van der Waals surface area contributed by atoms with Crippen molar-refractivity contribution in [2.75, 3.05) is 18.9 Å². The number of nitrogens with zero attached hydrogens (tertiary/aromatic N) is 2. The van der Waals surface area contributed by atoms with E-state index in [0.717, 1.165) is 12.8 Å². The minimum atomic E-state index is -0.206. The molecule has 1 fully saturated rings. The zero-order valence-electron chi connectivity index (χ0n) is 10.7. The summed E-state index contributed by atoms with van der Waals surface area (Å²) < 4.78 is 7.14. The fourth-order valence-electron chi connectivity index (χ4n) is 2.26. The van der Waals surface area contributed by atoms with E-state index >= 15 is 0 Å². The predicted octanol–water partition coefficient (Wildman–Crippen LogP) is 0.691. The van der Waals surface area contributed by atoms with Crippen molar-refractivity contribution >= 4 is 11.6 Å². The molecule has 1 aliphatic rings. The van der Waals surface area contributed by atoms with E-state index in [9.17, 15) is 4.79 Å². The van der Waals surface area contributed by atoms with E-state index in [0.29, 0.717) is 30.6 Å². The molecule has 0 aromatic carbocycles. The van der Waals surface area contributed by atoms with Gasteiger partial charge in [-0.1, -0.05) is 12.8 Å². The number of hydrogen-bond acceptors (Lipinski definition) is 4. The highest BCUT2D eigenvalue weighted by atomic mass is 16.5. The summed E-state index contributed by atoms with van der Waals surface area (Å²) in [6.07, 6.45) is 6.64. The molecule has 100 valence electrons. The molecule has 1 aromatic rings. The second kappa shape index (κ2) is 5.86. The summed E-state index contributed by atoms with van der Waals surface area (Å²) in [6.45, 7) is 1.05. The van der Waals surface area contributed by atoms with Crippen LogP contribution in [0.3, 0.4) is 0 Å². The minimum absolute atomic E-state index is 0.206. The van der Waals surface area contributed by atoms with Gasteiger partial charge in [0.1, 0.15) is 5.69 Å². The van der Waals surface area contributed by atoms with Gasteiger partial charge >= 0.3 is 0 Å². The van der Waals surface area contributed by atoms with E-state index in [2.05, 4.69) is 10.4 Å². The predicted molar refractivity (Wildman–Crippen MR) is 68.2 cm³/mol. The maximum atomic E-state index is 11.8. The van der Waals surface area contributed by atoms with Gasteiger partial charge in [-0.15, -0.1) is 0 Å². The number of amides is 1. The maximum Gasteiger partial charge on any atom is 0.271 e. The highest BCUT2D eigenvalue weighted by Crippen LogP contribution is 2.20. The van der Waals surface area contributed by atoms with Gasteiger partial charge in [0.05, 0.1) is 24.6 Å². The first-order chi connectivity index (χ1) is 8.68. The van der Waals surface area contributed by atoms with Crippen molar-refractivity contribution in [1.29, 1.82) is 0 Å². The third-order valence-electron chi connectivity index (χ3n) is 3.23. The second-order valence-corrected chi connectivity index (χ2v) is 4.61. The summed E-state index contributed by atoms with van der Waals surface area (Å²) >= 11 is 0. The second-order valence-electron chi connectivity index (χ2n) is 4.61. The topological polar surface area (TPSA) is 82.2 Å². The molecule has 1 heterocycles. The fraction of sp³-hybridized carbons (Fsp3) is 0.667. The Hall–Kier alpha value is -1.56. The van der Waals surface area contributed by atoms with E-state index in [1.165, 1.54) is 23.7 Å². The van der Waals surface area contributed by atoms with Crippen molar-refractivity contribution in [2.24, 2.45) is 7.05 Å². The number of nitrogens with two attached hydrogens (primary N) is 1. The average Bonchev–Trinajstić information content (AvgIpc) is 2.95. The van der Waals surface area contributed by atoms with Gasteiger partial charge in [-0.2, -0.15) is 5.10 Å². The number of nitrogens with one attached hydrogen (secondary N) is 1. The molecular weight excluding hydrogens is 232 g/mol. The number of hydrogen-bond donors (Lipinski definition) is 2. The quantitative estimate of drug-likeness (QED) is 0.755. The van der Waals surface area contributed by atoms with Crippen LogP contribution in [0, 0.1) is 0 Å². The van der Waals surface area contributed by atoms with Crippen LogP contribution >= 0.6 is 0 Å². The van der Waals surface area contributed by atoms with Crippen LogP contribution < -0.4 is 11.1 Å².